The molecule has 112 valence electrons. The first-order chi connectivity index (χ1) is 10.3. The molecule has 5 heteroatoms. The van der Waals surface area contributed by atoms with E-state index in [4.69, 9.17) is 12.2 Å². The number of likely N-dealkylation sites (tertiary alicyclic amines) is 1. The van der Waals surface area contributed by atoms with Gasteiger partial charge >= 0.3 is 0 Å². The second-order valence-corrected chi connectivity index (χ2v) is 6.06. The van der Waals surface area contributed by atoms with Crippen LogP contribution in [0.1, 0.15) is 30.7 Å². The van der Waals surface area contributed by atoms with Gasteiger partial charge < -0.3 is 4.90 Å². The second-order valence-electron chi connectivity index (χ2n) is 5.67. The first-order valence-corrected chi connectivity index (χ1v) is 8.14. The van der Waals surface area contributed by atoms with E-state index in [9.17, 15) is 0 Å². The smallest absolute Gasteiger partial charge is 0.195 e. The van der Waals surface area contributed by atoms with Crippen molar-refractivity contribution in [1.82, 2.24) is 19.7 Å². The van der Waals surface area contributed by atoms with Crippen molar-refractivity contribution in [2.45, 2.75) is 32.2 Å². The highest BCUT2D eigenvalue weighted by molar-refractivity contribution is 7.71. The van der Waals surface area contributed by atoms with E-state index in [1.165, 1.54) is 37.9 Å². The molecule has 0 saturated carbocycles. The van der Waals surface area contributed by atoms with Gasteiger partial charge in [0.15, 0.2) is 4.77 Å². The van der Waals surface area contributed by atoms with Crippen molar-refractivity contribution in [3.63, 3.8) is 0 Å². The van der Waals surface area contributed by atoms with Crippen LogP contribution in [0, 0.1) is 4.77 Å². The quantitative estimate of drug-likeness (QED) is 0.863. The molecule has 0 atom stereocenters. The van der Waals surface area contributed by atoms with Crippen LogP contribution in [0.25, 0.3) is 0 Å². The van der Waals surface area contributed by atoms with Crippen LogP contribution in [-0.2, 0) is 13.0 Å². The summed E-state index contributed by atoms with van der Waals surface area (Å²) in [4.78, 5) is 2.54. The second kappa shape index (κ2) is 7.00. The molecule has 1 saturated heterocycles. The van der Waals surface area contributed by atoms with Gasteiger partial charge in [-0.05, 0) is 43.7 Å². The molecule has 0 amide bonds. The lowest BCUT2D eigenvalue weighted by Crippen LogP contribution is -2.32. The molecule has 0 spiro atoms. The number of aromatic nitrogens is 3. The van der Waals surface area contributed by atoms with Gasteiger partial charge in [-0.15, -0.1) is 0 Å². The monoisotopic (exact) mass is 302 g/mol. The Morgan fingerprint density at radius 2 is 1.86 bits per heavy atom. The first kappa shape index (κ1) is 14.5. The Bertz CT molecular complexity index is 611. The predicted molar refractivity (Wildman–Crippen MR) is 87.0 cm³/mol. The highest BCUT2D eigenvalue weighted by Crippen LogP contribution is 2.11. The Morgan fingerprint density at radius 1 is 1.10 bits per heavy atom. The van der Waals surface area contributed by atoms with Crippen LogP contribution in [0.5, 0.6) is 0 Å². The molecular formula is C16H22N4S. The summed E-state index contributed by atoms with van der Waals surface area (Å²) in [7, 11) is 0. The summed E-state index contributed by atoms with van der Waals surface area (Å²) in [5.74, 6) is 1.06. The number of benzene rings is 1. The molecule has 1 aliphatic rings. The summed E-state index contributed by atoms with van der Waals surface area (Å²) in [6, 6.07) is 10.4. The number of hydrogen-bond donors (Lipinski definition) is 1. The minimum absolute atomic E-state index is 0.715. The zero-order valence-corrected chi connectivity index (χ0v) is 13.1. The molecule has 2 heterocycles. The van der Waals surface area contributed by atoms with Crippen LogP contribution in [0.3, 0.4) is 0 Å². The normalized spacial score (nSPS) is 16.2. The average Bonchev–Trinajstić information content (AvgIpc) is 2.88. The number of aromatic amines is 1. The molecule has 3 rings (SSSR count). The highest BCUT2D eigenvalue weighted by atomic mass is 32.1. The fourth-order valence-corrected chi connectivity index (χ4v) is 3.13. The predicted octanol–water partition coefficient (Wildman–Crippen LogP) is 3.02. The van der Waals surface area contributed by atoms with Crippen LogP contribution >= 0.6 is 12.2 Å². The Balaban J connectivity index is 1.67. The van der Waals surface area contributed by atoms with Crippen molar-refractivity contribution in [1.29, 1.82) is 0 Å². The van der Waals surface area contributed by atoms with Crippen LogP contribution in [0.15, 0.2) is 30.3 Å². The molecule has 1 aromatic carbocycles. The lowest BCUT2D eigenvalue weighted by molar-refractivity contribution is 0.229. The summed E-state index contributed by atoms with van der Waals surface area (Å²) >= 11 is 5.37. The summed E-state index contributed by atoms with van der Waals surface area (Å²) < 4.78 is 2.83. The molecular weight excluding hydrogens is 280 g/mol. The fraction of sp³-hybridized carbons (Fsp3) is 0.500. The molecule has 1 N–H and O–H groups in total. The summed E-state index contributed by atoms with van der Waals surface area (Å²) in [5, 5.41) is 7.36. The summed E-state index contributed by atoms with van der Waals surface area (Å²) in [6.45, 7) is 4.33. The molecule has 21 heavy (non-hydrogen) atoms. The maximum atomic E-state index is 5.37. The zero-order valence-electron chi connectivity index (χ0n) is 12.3. The number of rotatable bonds is 5. The fourth-order valence-electron chi connectivity index (χ4n) is 2.91. The van der Waals surface area contributed by atoms with Crippen LogP contribution < -0.4 is 0 Å². The van der Waals surface area contributed by atoms with Crippen molar-refractivity contribution in [2.24, 2.45) is 0 Å². The molecule has 0 radical (unpaired) electrons. The summed E-state index contributed by atoms with van der Waals surface area (Å²) in [6.07, 6.45) is 5.00. The molecule has 0 bridgehead atoms. The average molecular weight is 302 g/mol. The van der Waals surface area contributed by atoms with Gasteiger partial charge in [0.05, 0.1) is 6.54 Å². The van der Waals surface area contributed by atoms with Gasteiger partial charge in [-0.25, -0.2) is 0 Å². The molecule has 1 aromatic heterocycles. The van der Waals surface area contributed by atoms with Crippen molar-refractivity contribution in [2.75, 3.05) is 19.6 Å². The van der Waals surface area contributed by atoms with E-state index >= 15 is 0 Å². The zero-order chi connectivity index (χ0) is 14.5. The standard InChI is InChI=1S/C16H22N4S/c21-16-18-17-15(9-12-19-10-5-2-6-11-19)20(16)13-14-7-3-1-4-8-14/h1,3-4,7-8H,2,5-6,9-13H2,(H,18,21). The van der Waals surface area contributed by atoms with Gasteiger partial charge in [-0.1, -0.05) is 36.8 Å². The highest BCUT2D eigenvalue weighted by Gasteiger charge is 2.12. The summed E-state index contributed by atoms with van der Waals surface area (Å²) in [5.41, 5.74) is 1.26. The largest absolute Gasteiger partial charge is 0.303 e. The number of nitrogens with zero attached hydrogens (tertiary/aromatic N) is 3. The number of hydrogen-bond acceptors (Lipinski definition) is 3. The van der Waals surface area contributed by atoms with Crippen molar-refractivity contribution >= 4 is 12.2 Å². The Labute approximate surface area is 130 Å². The van der Waals surface area contributed by atoms with Gasteiger partial charge in [-0.2, -0.15) is 5.10 Å². The molecule has 1 aliphatic heterocycles. The third-order valence-corrected chi connectivity index (χ3v) is 4.43. The van der Waals surface area contributed by atoms with Gasteiger partial charge in [0.1, 0.15) is 5.82 Å². The number of nitrogens with one attached hydrogen (secondary N) is 1. The van der Waals surface area contributed by atoms with Gasteiger partial charge in [0.25, 0.3) is 0 Å². The van der Waals surface area contributed by atoms with Crippen molar-refractivity contribution < 1.29 is 0 Å². The minimum atomic E-state index is 0.715. The third-order valence-electron chi connectivity index (χ3n) is 4.12. The van der Waals surface area contributed by atoms with Crippen LogP contribution in [-0.4, -0.2) is 39.3 Å². The molecule has 0 aliphatic carbocycles. The lowest BCUT2D eigenvalue weighted by Gasteiger charge is -2.26. The van der Waals surface area contributed by atoms with E-state index in [-0.39, 0.29) is 0 Å². The van der Waals surface area contributed by atoms with Gasteiger partial charge in [-0.3, -0.25) is 9.67 Å². The van der Waals surface area contributed by atoms with Crippen molar-refractivity contribution in [3.8, 4) is 0 Å². The van der Waals surface area contributed by atoms with E-state index < -0.39 is 0 Å². The first-order valence-electron chi connectivity index (χ1n) is 7.73. The Hall–Kier alpha value is -1.46. The van der Waals surface area contributed by atoms with Crippen molar-refractivity contribution in [3.05, 3.63) is 46.5 Å². The van der Waals surface area contributed by atoms with Crippen LogP contribution in [0.2, 0.25) is 0 Å². The molecule has 1 fully saturated rings. The number of H-pyrrole nitrogens is 1. The SMILES string of the molecule is S=c1[nH]nc(CCN2CCCCC2)n1Cc1ccccc1. The van der Waals surface area contributed by atoms with E-state index in [1.54, 1.807) is 0 Å². The maximum Gasteiger partial charge on any atom is 0.195 e. The molecule has 2 aromatic rings. The van der Waals surface area contributed by atoms with E-state index in [0.717, 1.165) is 25.3 Å². The van der Waals surface area contributed by atoms with Crippen LogP contribution in [0.4, 0.5) is 0 Å². The van der Waals surface area contributed by atoms with E-state index in [0.29, 0.717) is 4.77 Å². The molecule has 4 nitrogen and oxygen atoms in total. The maximum absolute atomic E-state index is 5.37. The molecule has 0 unspecified atom stereocenters. The Morgan fingerprint density at radius 3 is 2.62 bits per heavy atom. The van der Waals surface area contributed by atoms with E-state index in [1.807, 2.05) is 6.07 Å². The van der Waals surface area contributed by atoms with Gasteiger partial charge in [0, 0.05) is 13.0 Å². The lowest BCUT2D eigenvalue weighted by atomic mass is 10.1. The topological polar surface area (TPSA) is 36.9 Å². The van der Waals surface area contributed by atoms with E-state index in [2.05, 4.69) is 43.9 Å². The number of piperidine rings is 1. The Kier molecular flexibility index (Phi) is 4.83. The van der Waals surface area contributed by atoms with Gasteiger partial charge in [0.2, 0.25) is 0 Å². The minimum Gasteiger partial charge on any atom is -0.303 e. The third kappa shape index (κ3) is 3.80.